The van der Waals surface area contributed by atoms with Crippen molar-refractivity contribution in [3.63, 3.8) is 0 Å². The molecule has 2 N–H and O–H groups in total. The predicted octanol–water partition coefficient (Wildman–Crippen LogP) is 5.05. The summed E-state index contributed by atoms with van der Waals surface area (Å²) in [6, 6.07) is 23.0. The fourth-order valence-corrected chi connectivity index (χ4v) is 6.23. The largest absolute Gasteiger partial charge is 0.392 e. The maximum absolute atomic E-state index is 12.7. The molecular formula is C28H29N3O5S2. The molecule has 0 bridgehead atoms. The number of hydrogen-bond donors (Lipinski definition) is 2. The maximum Gasteiger partial charge on any atom is 0.261 e. The molecule has 0 radical (unpaired) electrons. The highest BCUT2D eigenvalue weighted by Crippen LogP contribution is 2.39. The van der Waals surface area contributed by atoms with Gasteiger partial charge >= 0.3 is 0 Å². The number of aryl methyl sites for hydroxylation is 1. The Morgan fingerprint density at radius 1 is 1.00 bits per heavy atom. The summed E-state index contributed by atoms with van der Waals surface area (Å²) in [5, 5.41) is 10.3. The average molecular weight is 552 g/mol. The summed E-state index contributed by atoms with van der Waals surface area (Å²) in [7, 11) is -1.72. The third-order valence-electron chi connectivity index (χ3n) is 6.28. The third-order valence-corrected chi connectivity index (χ3v) is 8.87. The van der Waals surface area contributed by atoms with Crippen molar-refractivity contribution in [2.75, 3.05) is 10.5 Å². The zero-order valence-electron chi connectivity index (χ0n) is 20.8. The Bertz CT molecular complexity index is 1440. The smallest absolute Gasteiger partial charge is 0.261 e. The van der Waals surface area contributed by atoms with E-state index < -0.39 is 16.3 Å². The second-order valence-corrected chi connectivity index (χ2v) is 11.7. The van der Waals surface area contributed by atoms with Gasteiger partial charge in [0.15, 0.2) is 11.4 Å². The Morgan fingerprint density at radius 3 is 2.37 bits per heavy atom. The fourth-order valence-electron chi connectivity index (χ4n) is 4.20. The van der Waals surface area contributed by atoms with Crippen molar-refractivity contribution in [3.8, 4) is 0 Å². The van der Waals surface area contributed by atoms with Crippen LogP contribution in [0.4, 0.5) is 5.69 Å². The number of benzene rings is 3. The van der Waals surface area contributed by atoms with E-state index in [0.717, 1.165) is 21.8 Å². The van der Waals surface area contributed by atoms with Gasteiger partial charge in [0.1, 0.15) is 0 Å². The number of rotatable bonds is 9. The van der Waals surface area contributed by atoms with Gasteiger partial charge < -0.3 is 19.1 Å². The van der Waals surface area contributed by atoms with Crippen LogP contribution in [0.5, 0.6) is 0 Å². The van der Waals surface area contributed by atoms with E-state index in [4.69, 9.17) is 9.47 Å². The lowest BCUT2D eigenvalue weighted by molar-refractivity contribution is -0.245. The Labute approximate surface area is 226 Å². The number of aromatic nitrogens is 2. The van der Waals surface area contributed by atoms with Crippen LogP contribution in [0.3, 0.4) is 0 Å². The zero-order valence-corrected chi connectivity index (χ0v) is 22.4. The average Bonchev–Trinajstić information content (AvgIpc) is 3.37. The monoisotopic (exact) mass is 551 g/mol. The molecule has 5 rings (SSSR count). The van der Waals surface area contributed by atoms with Crippen molar-refractivity contribution < 1.29 is 23.0 Å². The molecule has 1 saturated heterocycles. The van der Waals surface area contributed by atoms with Gasteiger partial charge in [0.05, 0.1) is 23.7 Å². The van der Waals surface area contributed by atoms with Gasteiger partial charge in [-0.1, -0.05) is 66.4 Å². The van der Waals surface area contributed by atoms with Crippen LogP contribution in [0.15, 0.2) is 101 Å². The maximum atomic E-state index is 12.7. The number of aliphatic hydroxyl groups excluding tert-OH is 1. The first-order chi connectivity index (χ1) is 18.4. The molecular weight excluding hydrogens is 522 g/mol. The number of hydrogen-bond acceptors (Lipinski definition) is 7. The molecule has 3 aromatic carbocycles. The highest BCUT2D eigenvalue weighted by molar-refractivity contribution is 7.99. The van der Waals surface area contributed by atoms with E-state index in [-0.39, 0.29) is 23.7 Å². The molecule has 0 saturated carbocycles. The normalized spacial score (nSPS) is 19.8. The topological polar surface area (TPSA) is 103 Å². The minimum absolute atomic E-state index is 0.0130. The standard InChI is InChI=1S/C28H29N3O5S2/c1-31-16-15-29-28(31)37-19-24-17-26(21-9-7-20(18-32)8-10-21)36-27(35-24)22-11-13-23(14-12-22)30-38(33,34)25-5-3-2-4-6-25/h2-16,24,26-27,30,32H,17-19H2,1H3/t24-,26+,27+/m1/s1. The van der Waals surface area contributed by atoms with Crippen LogP contribution in [0, 0.1) is 0 Å². The summed E-state index contributed by atoms with van der Waals surface area (Å²) < 4.78 is 42.7. The molecule has 1 aliphatic rings. The SMILES string of the molecule is Cn1ccnc1SC[C@H]1C[C@@H](c2ccc(CO)cc2)O[C@@H](c2ccc(NS(=O)(=O)c3ccccc3)cc2)O1. The van der Waals surface area contributed by atoms with Crippen LogP contribution < -0.4 is 4.72 Å². The first-order valence-electron chi connectivity index (χ1n) is 12.2. The van der Waals surface area contributed by atoms with Crippen LogP contribution in [0.2, 0.25) is 0 Å². The Kier molecular flexibility index (Phi) is 8.15. The molecule has 4 aromatic rings. The van der Waals surface area contributed by atoms with Crippen LogP contribution in [0.25, 0.3) is 0 Å². The van der Waals surface area contributed by atoms with Crippen LogP contribution in [-0.4, -0.2) is 34.9 Å². The highest BCUT2D eigenvalue weighted by atomic mass is 32.2. The number of nitrogens with zero attached hydrogens (tertiary/aromatic N) is 2. The van der Waals surface area contributed by atoms with E-state index in [9.17, 15) is 13.5 Å². The van der Waals surface area contributed by atoms with E-state index in [1.54, 1.807) is 60.4 Å². The molecule has 198 valence electrons. The van der Waals surface area contributed by atoms with E-state index in [0.29, 0.717) is 17.9 Å². The van der Waals surface area contributed by atoms with Gasteiger partial charge in [-0.15, -0.1) is 0 Å². The van der Waals surface area contributed by atoms with Crippen molar-refractivity contribution in [3.05, 3.63) is 108 Å². The molecule has 1 fully saturated rings. The number of nitrogens with one attached hydrogen (secondary N) is 1. The van der Waals surface area contributed by atoms with E-state index in [1.165, 1.54) is 0 Å². The molecule has 8 nitrogen and oxygen atoms in total. The molecule has 1 aliphatic heterocycles. The van der Waals surface area contributed by atoms with Crippen molar-refractivity contribution in [2.45, 2.75) is 41.6 Å². The quantitative estimate of drug-likeness (QED) is 0.281. The van der Waals surface area contributed by atoms with Crippen LogP contribution in [-0.2, 0) is 33.2 Å². The fraction of sp³-hybridized carbons (Fsp3) is 0.250. The molecule has 2 heterocycles. The van der Waals surface area contributed by atoms with Gasteiger partial charge in [-0.2, -0.15) is 0 Å². The van der Waals surface area contributed by atoms with Gasteiger partial charge in [-0.05, 0) is 35.4 Å². The third kappa shape index (κ3) is 6.28. The summed E-state index contributed by atoms with van der Waals surface area (Å²) in [5.41, 5.74) is 3.09. The summed E-state index contributed by atoms with van der Waals surface area (Å²) in [5.74, 6) is 0.699. The highest BCUT2D eigenvalue weighted by Gasteiger charge is 2.32. The Hall–Kier alpha value is -3.15. The molecule has 1 aromatic heterocycles. The molecule has 3 atom stereocenters. The van der Waals surface area contributed by atoms with Crippen molar-refractivity contribution in [2.24, 2.45) is 7.05 Å². The van der Waals surface area contributed by atoms with E-state index in [2.05, 4.69) is 9.71 Å². The Balaban J connectivity index is 1.33. The summed E-state index contributed by atoms with van der Waals surface area (Å²) >= 11 is 1.63. The second-order valence-electron chi connectivity index (χ2n) is 9.02. The molecule has 38 heavy (non-hydrogen) atoms. The molecule has 0 aliphatic carbocycles. The summed E-state index contributed by atoms with van der Waals surface area (Å²) in [6.07, 6.45) is 3.42. The summed E-state index contributed by atoms with van der Waals surface area (Å²) in [6.45, 7) is -0.0130. The van der Waals surface area contributed by atoms with Gasteiger partial charge in [0, 0.05) is 42.9 Å². The second kappa shape index (κ2) is 11.7. The van der Waals surface area contributed by atoms with Gasteiger partial charge in [-0.3, -0.25) is 4.72 Å². The predicted molar refractivity (Wildman–Crippen MR) is 146 cm³/mol. The zero-order chi connectivity index (χ0) is 26.5. The minimum atomic E-state index is -3.68. The molecule has 0 unspecified atom stereocenters. The first kappa shape index (κ1) is 26.5. The minimum Gasteiger partial charge on any atom is -0.392 e. The van der Waals surface area contributed by atoms with Crippen LogP contribution >= 0.6 is 11.8 Å². The van der Waals surface area contributed by atoms with Crippen molar-refractivity contribution in [1.82, 2.24) is 9.55 Å². The number of thioether (sulfide) groups is 1. The number of imidazole rings is 1. The lowest BCUT2D eigenvalue weighted by atomic mass is 10.0. The number of ether oxygens (including phenoxy) is 2. The van der Waals surface area contributed by atoms with E-state index in [1.807, 2.05) is 54.2 Å². The lowest BCUT2D eigenvalue weighted by Crippen LogP contribution is -2.31. The number of anilines is 1. The van der Waals surface area contributed by atoms with Crippen molar-refractivity contribution >= 4 is 27.5 Å². The van der Waals surface area contributed by atoms with Crippen molar-refractivity contribution in [1.29, 1.82) is 0 Å². The molecule has 0 amide bonds. The number of aliphatic hydroxyl groups is 1. The molecule has 0 spiro atoms. The lowest BCUT2D eigenvalue weighted by Gasteiger charge is -2.36. The molecule has 10 heteroatoms. The van der Waals surface area contributed by atoms with Crippen LogP contribution in [0.1, 0.15) is 35.5 Å². The Morgan fingerprint density at radius 2 is 1.71 bits per heavy atom. The van der Waals surface area contributed by atoms with Gasteiger partial charge in [0.25, 0.3) is 10.0 Å². The first-order valence-corrected chi connectivity index (χ1v) is 14.7. The number of sulfonamides is 1. The summed E-state index contributed by atoms with van der Waals surface area (Å²) in [4.78, 5) is 4.59. The van der Waals surface area contributed by atoms with Gasteiger partial charge in [0.2, 0.25) is 0 Å². The van der Waals surface area contributed by atoms with E-state index >= 15 is 0 Å². The van der Waals surface area contributed by atoms with Gasteiger partial charge in [-0.25, -0.2) is 13.4 Å².